The summed E-state index contributed by atoms with van der Waals surface area (Å²) in [5.41, 5.74) is 0.362. The molecule has 3 nitrogen and oxygen atoms in total. The zero-order chi connectivity index (χ0) is 13.0. The van der Waals surface area contributed by atoms with Crippen molar-refractivity contribution in [2.24, 2.45) is 0 Å². The van der Waals surface area contributed by atoms with Gasteiger partial charge >= 0.3 is 0 Å². The standard InChI is InChI=1S/C13H15F2NO2/c14-10-3-9(4-11(15)6-10)5-12(17)7-13-8-16-1-2-18-13/h3-4,6,13,16H,1-2,5,7-8H2. The lowest BCUT2D eigenvalue weighted by molar-refractivity contribution is -0.121. The quantitative estimate of drug-likeness (QED) is 0.885. The summed E-state index contributed by atoms with van der Waals surface area (Å²) in [5.74, 6) is -1.39. The van der Waals surface area contributed by atoms with Crippen molar-refractivity contribution in [1.29, 1.82) is 0 Å². The van der Waals surface area contributed by atoms with Gasteiger partial charge in [0.2, 0.25) is 0 Å². The highest BCUT2D eigenvalue weighted by atomic mass is 19.1. The molecular formula is C13H15F2NO2. The second-order valence-electron chi connectivity index (χ2n) is 4.39. The highest BCUT2D eigenvalue weighted by molar-refractivity contribution is 5.81. The highest BCUT2D eigenvalue weighted by Crippen LogP contribution is 2.11. The molecule has 0 radical (unpaired) electrons. The molecule has 1 atom stereocenters. The van der Waals surface area contributed by atoms with Crippen LogP contribution >= 0.6 is 0 Å². The molecule has 1 aromatic carbocycles. The summed E-state index contributed by atoms with van der Waals surface area (Å²) in [5, 5.41) is 3.13. The van der Waals surface area contributed by atoms with E-state index in [0.717, 1.165) is 12.6 Å². The van der Waals surface area contributed by atoms with Crippen LogP contribution in [0.4, 0.5) is 8.78 Å². The molecule has 0 bridgehead atoms. The van der Waals surface area contributed by atoms with Crippen LogP contribution < -0.4 is 5.32 Å². The SMILES string of the molecule is O=C(Cc1cc(F)cc(F)c1)CC1CNCCO1. The summed E-state index contributed by atoms with van der Waals surface area (Å²) in [7, 11) is 0. The average molecular weight is 255 g/mol. The van der Waals surface area contributed by atoms with Crippen LogP contribution in [-0.2, 0) is 16.0 Å². The molecule has 1 N–H and O–H groups in total. The maximum Gasteiger partial charge on any atom is 0.139 e. The first kappa shape index (κ1) is 13.1. The van der Waals surface area contributed by atoms with Gasteiger partial charge < -0.3 is 10.1 Å². The zero-order valence-electron chi connectivity index (χ0n) is 9.92. The largest absolute Gasteiger partial charge is 0.375 e. The molecule has 0 saturated carbocycles. The van der Waals surface area contributed by atoms with E-state index in [-0.39, 0.29) is 24.7 Å². The summed E-state index contributed by atoms with van der Waals surface area (Å²) in [4.78, 5) is 11.8. The van der Waals surface area contributed by atoms with Crippen LogP contribution in [0.5, 0.6) is 0 Å². The lowest BCUT2D eigenvalue weighted by Gasteiger charge is -2.22. The third-order valence-electron chi connectivity index (χ3n) is 2.78. The Morgan fingerprint density at radius 1 is 1.33 bits per heavy atom. The Morgan fingerprint density at radius 3 is 2.67 bits per heavy atom. The Labute approximate surface area is 104 Å². The van der Waals surface area contributed by atoms with E-state index in [0.29, 0.717) is 18.7 Å². The van der Waals surface area contributed by atoms with E-state index in [1.807, 2.05) is 0 Å². The van der Waals surface area contributed by atoms with Gasteiger partial charge in [-0.15, -0.1) is 0 Å². The van der Waals surface area contributed by atoms with Gasteiger partial charge in [0.1, 0.15) is 17.4 Å². The minimum atomic E-state index is -0.659. The van der Waals surface area contributed by atoms with E-state index in [4.69, 9.17) is 4.74 Å². The summed E-state index contributed by atoms with van der Waals surface area (Å²) < 4.78 is 31.3. The predicted octanol–water partition coefficient (Wildman–Crippen LogP) is 1.45. The minimum Gasteiger partial charge on any atom is -0.375 e. The van der Waals surface area contributed by atoms with Gasteiger partial charge in [0.05, 0.1) is 12.7 Å². The molecule has 1 heterocycles. The molecule has 1 aromatic rings. The van der Waals surface area contributed by atoms with Crippen LogP contribution in [0.1, 0.15) is 12.0 Å². The minimum absolute atomic E-state index is 0.0362. The molecule has 1 fully saturated rings. The maximum absolute atomic E-state index is 13.0. The molecule has 0 aliphatic carbocycles. The molecule has 1 aliphatic heterocycles. The molecule has 2 rings (SSSR count). The van der Waals surface area contributed by atoms with Crippen molar-refractivity contribution in [3.8, 4) is 0 Å². The van der Waals surface area contributed by atoms with Crippen molar-refractivity contribution in [3.63, 3.8) is 0 Å². The van der Waals surface area contributed by atoms with Crippen molar-refractivity contribution < 1.29 is 18.3 Å². The molecular weight excluding hydrogens is 240 g/mol. The number of hydrogen-bond donors (Lipinski definition) is 1. The Balaban J connectivity index is 1.89. The first-order valence-electron chi connectivity index (χ1n) is 5.92. The van der Waals surface area contributed by atoms with Crippen molar-refractivity contribution in [3.05, 3.63) is 35.4 Å². The Morgan fingerprint density at radius 2 is 2.06 bits per heavy atom. The third kappa shape index (κ3) is 3.85. The van der Waals surface area contributed by atoms with Crippen molar-refractivity contribution in [2.75, 3.05) is 19.7 Å². The summed E-state index contributed by atoms with van der Waals surface area (Å²) in [6.45, 7) is 2.02. The molecule has 1 saturated heterocycles. The van der Waals surface area contributed by atoms with Crippen LogP contribution in [0.3, 0.4) is 0 Å². The Hall–Kier alpha value is -1.33. The van der Waals surface area contributed by atoms with Gasteiger partial charge in [0.15, 0.2) is 0 Å². The number of carbonyl (C=O) groups is 1. The number of nitrogens with one attached hydrogen (secondary N) is 1. The van der Waals surface area contributed by atoms with Crippen LogP contribution in [0, 0.1) is 11.6 Å². The summed E-state index contributed by atoms with van der Waals surface area (Å²) in [6, 6.07) is 3.16. The second kappa shape index (κ2) is 6.02. The molecule has 0 spiro atoms. The number of morpholine rings is 1. The molecule has 1 unspecified atom stereocenters. The first-order chi connectivity index (χ1) is 8.63. The van der Waals surface area contributed by atoms with E-state index in [1.54, 1.807) is 0 Å². The fourth-order valence-corrected chi connectivity index (χ4v) is 2.02. The lowest BCUT2D eigenvalue weighted by atomic mass is 10.0. The molecule has 1 aliphatic rings. The van der Waals surface area contributed by atoms with Gasteiger partial charge in [-0.2, -0.15) is 0 Å². The van der Waals surface area contributed by atoms with E-state index in [1.165, 1.54) is 12.1 Å². The molecule has 98 valence electrons. The van der Waals surface area contributed by atoms with E-state index < -0.39 is 11.6 Å². The number of ketones is 1. The molecule has 0 aromatic heterocycles. The average Bonchev–Trinajstić information content (AvgIpc) is 2.28. The Kier molecular flexibility index (Phi) is 4.38. The van der Waals surface area contributed by atoms with Crippen molar-refractivity contribution in [2.45, 2.75) is 18.9 Å². The predicted molar refractivity (Wildman–Crippen MR) is 62.3 cm³/mol. The monoisotopic (exact) mass is 255 g/mol. The lowest BCUT2D eigenvalue weighted by Crippen LogP contribution is -2.39. The maximum atomic E-state index is 13.0. The van der Waals surface area contributed by atoms with E-state index in [2.05, 4.69) is 5.32 Å². The van der Waals surface area contributed by atoms with Gasteiger partial charge in [0, 0.05) is 32.0 Å². The fourth-order valence-electron chi connectivity index (χ4n) is 2.02. The van der Waals surface area contributed by atoms with Crippen LogP contribution in [0.25, 0.3) is 0 Å². The van der Waals surface area contributed by atoms with Gasteiger partial charge in [-0.25, -0.2) is 8.78 Å². The van der Waals surface area contributed by atoms with E-state index in [9.17, 15) is 13.6 Å². The van der Waals surface area contributed by atoms with Gasteiger partial charge in [-0.1, -0.05) is 0 Å². The molecule has 18 heavy (non-hydrogen) atoms. The number of hydrogen-bond acceptors (Lipinski definition) is 3. The van der Waals surface area contributed by atoms with Gasteiger partial charge in [0.25, 0.3) is 0 Å². The number of benzene rings is 1. The smallest absolute Gasteiger partial charge is 0.139 e. The number of Topliss-reactive ketones (excluding diaryl/α,β-unsaturated/α-hetero) is 1. The molecule has 0 amide bonds. The number of carbonyl (C=O) groups excluding carboxylic acids is 1. The zero-order valence-corrected chi connectivity index (χ0v) is 9.92. The Bertz CT molecular complexity index is 411. The number of ether oxygens (including phenoxy) is 1. The second-order valence-corrected chi connectivity index (χ2v) is 4.39. The van der Waals surface area contributed by atoms with Crippen molar-refractivity contribution >= 4 is 5.78 Å². The summed E-state index contributed by atoms with van der Waals surface area (Å²) >= 11 is 0. The van der Waals surface area contributed by atoms with Crippen LogP contribution in [-0.4, -0.2) is 31.6 Å². The third-order valence-corrected chi connectivity index (χ3v) is 2.78. The summed E-state index contributed by atoms with van der Waals surface area (Å²) in [6.07, 6.45) is 0.171. The van der Waals surface area contributed by atoms with E-state index >= 15 is 0 Å². The topological polar surface area (TPSA) is 38.3 Å². The fraction of sp³-hybridized carbons (Fsp3) is 0.462. The van der Waals surface area contributed by atoms with Crippen LogP contribution in [0.15, 0.2) is 18.2 Å². The highest BCUT2D eigenvalue weighted by Gasteiger charge is 2.17. The van der Waals surface area contributed by atoms with Crippen molar-refractivity contribution in [1.82, 2.24) is 5.32 Å². The first-order valence-corrected chi connectivity index (χ1v) is 5.92. The number of rotatable bonds is 4. The molecule has 5 heteroatoms. The van der Waals surface area contributed by atoms with Gasteiger partial charge in [-0.3, -0.25) is 4.79 Å². The normalized spacial score (nSPS) is 19.8. The van der Waals surface area contributed by atoms with Crippen LogP contribution in [0.2, 0.25) is 0 Å². The number of halogens is 2. The van der Waals surface area contributed by atoms with Gasteiger partial charge in [-0.05, 0) is 17.7 Å².